The van der Waals surface area contributed by atoms with Crippen molar-refractivity contribution >= 4 is 27.5 Å². The lowest BCUT2D eigenvalue weighted by atomic mass is 10.3. The first-order chi connectivity index (χ1) is 11.7. The summed E-state index contributed by atoms with van der Waals surface area (Å²) in [6.45, 7) is 3.51. The Balaban J connectivity index is 1.48. The first-order valence-corrected chi connectivity index (χ1v) is 8.71. The van der Waals surface area contributed by atoms with Crippen LogP contribution in [0.25, 0.3) is 21.0 Å². The van der Waals surface area contributed by atoms with Gasteiger partial charge in [0.15, 0.2) is 16.5 Å². The van der Waals surface area contributed by atoms with Crippen LogP contribution >= 0.6 is 11.3 Å². The summed E-state index contributed by atoms with van der Waals surface area (Å²) in [5, 5.41) is 2.72. The van der Waals surface area contributed by atoms with Crippen LogP contribution in [0.15, 0.2) is 40.8 Å². The highest BCUT2D eigenvalue weighted by Crippen LogP contribution is 2.31. The molecule has 7 heteroatoms. The number of hydrogen-bond acceptors (Lipinski definition) is 6. The number of carbonyl (C=O) groups excluding carboxylic acids is 1. The molecule has 24 heavy (non-hydrogen) atoms. The Kier molecular flexibility index (Phi) is 4.05. The van der Waals surface area contributed by atoms with Crippen molar-refractivity contribution < 1.29 is 9.21 Å². The number of benzene rings is 1. The lowest BCUT2D eigenvalue weighted by Gasteiger charge is -2.32. The summed E-state index contributed by atoms with van der Waals surface area (Å²) in [6.07, 6.45) is 0. The number of hydrazine groups is 1. The molecule has 1 fully saturated rings. The van der Waals surface area contributed by atoms with Crippen LogP contribution in [-0.4, -0.2) is 54.0 Å². The van der Waals surface area contributed by atoms with Crippen LogP contribution in [0.3, 0.4) is 0 Å². The van der Waals surface area contributed by atoms with Gasteiger partial charge in [-0.1, -0.05) is 12.1 Å². The number of rotatable bonds is 3. The number of fused-ring (bicyclic) bond motifs is 1. The van der Waals surface area contributed by atoms with Crippen LogP contribution < -0.4 is 5.43 Å². The number of carbonyl (C=O) groups is 1. The SMILES string of the molecule is CN1CCN(NC(=O)c2ccc(-c3nc4ccccc4s3)o2)CC1. The van der Waals surface area contributed by atoms with Crippen LogP contribution in [0.2, 0.25) is 0 Å². The number of piperazine rings is 1. The van der Waals surface area contributed by atoms with E-state index in [4.69, 9.17) is 4.42 Å². The fraction of sp³-hybridized carbons (Fsp3) is 0.294. The minimum Gasteiger partial charge on any atom is -0.448 e. The van der Waals surface area contributed by atoms with E-state index in [0.717, 1.165) is 41.4 Å². The van der Waals surface area contributed by atoms with Gasteiger partial charge in [0.05, 0.1) is 10.2 Å². The quantitative estimate of drug-likeness (QED) is 0.792. The standard InChI is InChI=1S/C17H18N4O2S/c1-20-8-10-21(11-9-20)19-16(22)13-6-7-14(23-13)17-18-12-4-2-3-5-15(12)24-17/h2-7H,8-11H2,1H3,(H,19,22). The van der Waals surface area contributed by atoms with E-state index in [1.54, 1.807) is 23.5 Å². The van der Waals surface area contributed by atoms with Crippen molar-refractivity contribution in [3.05, 3.63) is 42.2 Å². The van der Waals surface area contributed by atoms with Gasteiger partial charge in [0.2, 0.25) is 0 Å². The van der Waals surface area contributed by atoms with Gasteiger partial charge in [-0.2, -0.15) is 0 Å². The van der Waals surface area contributed by atoms with Gasteiger partial charge in [-0.25, -0.2) is 9.99 Å². The maximum absolute atomic E-state index is 12.3. The second-order valence-corrected chi connectivity index (χ2v) is 6.91. The van der Waals surface area contributed by atoms with Crippen molar-refractivity contribution in [2.24, 2.45) is 0 Å². The Morgan fingerprint density at radius 1 is 1.17 bits per heavy atom. The zero-order chi connectivity index (χ0) is 16.5. The van der Waals surface area contributed by atoms with Gasteiger partial charge in [-0.3, -0.25) is 10.2 Å². The Morgan fingerprint density at radius 3 is 2.75 bits per heavy atom. The molecule has 0 unspecified atom stereocenters. The van der Waals surface area contributed by atoms with E-state index >= 15 is 0 Å². The fourth-order valence-electron chi connectivity index (χ4n) is 2.67. The summed E-state index contributed by atoms with van der Waals surface area (Å²) >= 11 is 1.56. The van der Waals surface area contributed by atoms with Gasteiger partial charge >= 0.3 is 5.91 Å². The lowest BCUT2D eigenvalue weighted by Crippen LogP contribution is -2.52. The zero-order valence-electron chi connectivity index (χ0n) is 13.4. The summed E-state index contributed by atoms with van der Waals surface area (Å²) in [6, 6.07) is 11.5. The third-order valence-electron chi connectivity index (χ3n) is 4.10. The largest absolute Gasteiger partial charge is 0.448 e. The molecular weight excluding hydrogens is 324 g/mol. The number of hydrogen-bond donors (Lipinski definition) is 1. The summed E-state index contributed by atoms with van der Waals surface area (Å²) in [4.78, 5) is 19.1. The number of nitrogens with zero attached hydrogens (tertiary/aromatic N) is 3. The minimum atomic E-state index is -0.216. The average molecular weight is 342 g/mol. The predicted molar refractivity (Wildman–Crippen MR) is 93.9 cm³/mol. The molecule has 0 spiro atoms. The Bertz CT molecular complexity index is 831. The molecule has 1 saturated heterocycles. The van der Waals surface area contributed by atoms with Crippen LogP contribution in [0, 0.1) is 0 Å². The van der Waals surface area contributed by atoms with E-state index in [-0.39, 0.29) is 5.91 Å². The van der Waals surface area contributed by atoms with Gasteiger partial charge in [-0.05, 0) is 31.3 Å². The van der Waals surface area contributed by atoms with Crippen molar-refractivity contribution in [3.8, 4) is 10.8 Å². The van der Waals surface area contributed by atoms with E-state index in [2.05, 4.69) is 22.4 Å². The Labute approximate surface area is 143 Å². The summed E-state index contributed by atoms with van der Waals surface area (Å²) in [7, 11) is 2.08. The van der Waals surface area contributed by atoms with Crippen molar-refractivity contribution in [3.63, 3.8) is 0 Å². The van der Waals surface area contributed by atoms with Crippen molar-refractivity contribution in [2.75, 3.05) is 33.2 Å². The maximum Gasteiger partial charge on any atom is 0.301 e. The van der Waals surface area contributed by atoms with E-state index in [9.17, 15) is 4.79 Å². The molecule has 1 aliphatic rings. The monoisotopic (exact) mass is 342 g/mol. The minimum absolute atomic E-state index is 0.216. The predicted octanol–water partition coefficient (Wildman–Crippen LogP) is 2.45. The molecule has 2 aromatic heterocycles. The molecule has 0 bridgehead atoms. The number of para-hydroxylation sites is 1. The number of likely N-dealkylation sites (N-methyl/N-ethyl adjacent to an activating group) is 1. The molecule has 1 aliphatic heterocycles. The maximum atomic E-state index is 12.3. The van der Waals surface area contributed by atoms with E-state index in [0.29, 0.717) is 11.5 Å². The number of thiazole rings is 1. The molecule has 0 aliphatic carbocycles. The van der Waals surface area contributed by atoms with Crippen molar-refractivity contribution in [1.82, 2.24) is 20.3 Å². The molecule has 6 nitrogen and oxygen atoms in total. The third-order valence-corrected chi connectivity index (χ3v) is 5.15. The zero-order valence-corrected chi connectivity index (χ0v) is 14.2. The van der Waals surface area contributed by atoms with Gasteiger partial charge < -0.3 is 9.32 Å². The van der Waals surface area contributed by atoms with Crippen LogP contribution in [0.5, 0.6) is 0 Å². The highest BCUT2D eigenvalue weighted by molar-refractivity contribution is 7.21. The van der Waals surface area contributed by atoms with Gasteiger partial charge in [-0.15, -0.1) is 11.3 Å². The van der Waals surface area contributed by atoms with Crippen LogP contribution in [0.4, 0.5) is 0 Å². The van der Waals surface area contributed by atoms with Gasteiger partial charge in [0, 0.05) is 26.2 Å². The van der Waals surface area contributed by atoms with Crippen molar-refractivity contribution in [1.29, 1.82) is 0 Å². The van der Waals surface area contributed by atoms with Crippen LogP contribution in [-0.2, 0) is 0 Å². The number of nitrogens with one attached hydrogen (secondary N) is 1. The molecule has 3 aromatic rings. The number of aromatic nitrogens is 1. The summed E-state index contributed by atoms with van der Waals surface area (Å²) < 4.78 is 6.83. The smallest absolute Gasteiger partial charge is 0.301 e. The van der Waals surface area contributed by atoms with Gasteiger partial charge in [0.1, 0.15) is 0 Å². The molecule has 124 valence electrons. The molecule has 0 saturated carbocycles. The highest BCUT2D eigenvalue weighted by atomic mass is 32.1. The normalized spacial score (nSPS) is 16.5. The third kappa shape index (κ3) is 3.06. The molecule has 3 heterocycles. The Morgan fingerprint density at radius 2 is 1.96 bits per heavy atom. The molecule has 0 atom stereocenters. The molecule has 1 amide bonds. The van der Waals surface area contributed by atoms with Crippen molar-refractivity contribution in [2.45, 2.75) is 0 Å². The topological polar surface area (TPSA) is 61.6 Å². The molecular formula is C17H18N4O2S. The molecule has 1 aromatic carbocycles. The van der Waals surface area contributed by atoms with E-state index < -0.39 is 0 Å². The first-order valence-electron chi connectivity index (χ1n) is 7.89. The molecule has 4 rings (SSSR count). The molecule has 1 N–H and O–H groups in total. The molecule has 0 radical (unpaired) electrons. The summed E-state index contributed by atoms with van der Waals surface area (Å²) in [5.41, 5.74) is 3.85. The van der Waals surface area contributed by atoms with E-state index in [1.165, 1.54) is 0 Å². The number of furan rings is 1. The lowest BCUT2D eigenvalue weighted by molar-refractivity contribution is 0.0637. The Hall–Kier alpha value is -2.22. The average Bonchev–Trinajstić information content (AvgIpc) is 3.23. The second kappa shape index (κ2) is 6.35. The number of amides is 1. The van der Waals surface area contributed by atoms with Crippen LogP contribution in [0.1, 0.15) is 10.6 Å². The fourth-order valence-corrected chi connectivity index (χ4v) is 3.60. The first kappa shape index (κ1) is 15.3. The van der Waals surface area contributed by atoms with Gasteiger partial charge in [0.25, 0.3) is 0 Å². The van der Waals surface area contributed by atoms with E-state index in [1.807, 2.05) is 29.3 Å². The highest BCUT2D eigenvalue weighted by Gasteiger charge is 2.19. The second-order valence-electron chi connectivity index (χ2n) is 5.88. The summed E-state index contributed by atoms with van der Waals surface area (Å²) in [5.74, 6) is 0.717.